The summed E-state index contributed by atoms with van der Waals surface area (Å²) in [5.74, 6) is 1.19. The number of ether oxygens (including phenoxy) is 3. The predicted molar refractivity (Wildman–Crippen MR) is 102 cm³/mol. The van der Waals surface area contributed by atoms with Crippen LogP contribution in [-0.2, 0) is 17.9 Å². The van der Waals surface area contributed by atoms with Gasteiger partial charge in [-0.2, -0.15) is 4.80 Å². The van der Waals surface area contributed by atoms with Crippen molar-refractivity contribution in [3.63, 3.8) is 0 Å². The zero-order valence-corrected chi connectivity index (χ0v) is 16.3. The largest absolute Gasteiger partial charge is 0.466 e. The molecule has 0 bridgehead atoms. The van der Waals surface area contributed by atoms with Gasteiger partial charge in [0.15, 0.2) is 29.6 Å². The second-order valence-electron chi connectivity index (χ2n) is 6.96. The Bertz CT molecular complexity index is 1220. The molecule has 2 aromatic heterocycles. The number of fused-ring (bicyclic) bond motifs is 2. The van der Waals surface area contributed by atoms with Crippen LogP contribution >= 0.6 is 0 Å². The normalized spacial score (nSPS) is 15.5. The number of aliphatic hydroxyl groups is 1. The number of carbonyl (C=O) groups is 1. The van der Waals surface area contributed by atoms with Gasteiger partial charge in [0, 0.05) is 7.05 Å². The molecule has 160 valence electrons. The zero-order chi connectivity index (χ0) is 21.5. The van der Waals surface area contributed by atoms with Crippen LogP contribution in [0.5, 0.6) is 17.4 Å². The minimum Gasteiger partial charge on any atom is -0.466 e. The van der Waals surface area contributed by atoms with Gasteiger partial charge >= 0.3 is 0 Å². The Morgan fingerprint density at radius 2 is 2.03 bits per heavy atom. The van der Waals surface area contributed by atoms with E-state index in [-0.39, 0.29) is 49.8 Å². The molecule has 13 nitrogen and oxygen atoms in total. The molecule has 1 N–H and O–H groups in total. The standard InChI is InChI=1S/C18H17N7O6/c1-23-15(27)7-29-17-16(23)18(28)24(8-19-17)6-14-20-22-25(21-14)5-11(26)10-2-3-12-13(4-10)31-9-30-12/h2-4,8,11,26H,5-7,9H2,1H3/t11-/m0/s1. The fourth-order valence-electron chi connectivity index (χ4n) is 3.27. The Morgan fingerprint density at radius 3 is 2.90 bits per heavy atom. The Morgan fingerprint density at radius 1 is 1.19 bits per heavy atom. The maximum Gasteiger partial charge on any atom is 0.281 e. The average Bonchev–Trinajstić information content (AvgIpc) is 3.41. The molecule has 1 aromatic carbocycles. The fraction of sp³-hybridized carbons (Fsp3) is 0.333. The highest BCUT2D eigenvalue weighted by atomic mass is 16.7. The van der Waals surface area contributed by atoms with E-state index in [1.54, 1.807) is 18.2 Å². The molecule has 0 radical (unpaired) electrons. The molecule has 0 saturated heterocycles. The minimum atomic E-state index is -0.901. The van der Waals surface area contributed by atoms with Gasteiger partial charge in [-0.25, -0.2) is 4.98 Å². The predicted octanol–water partition coefficient (Wildman–Crippen LogP) is -0.904. The van der Waals surface area contributed by atoms with Crippen LogP contribution in [0.25, 0.3) is 0 Å². The van der Waals surface area contributed by atoms with Gasteiger partial charge < -0.3 is 24.2 Å². The van der Waals surface area contributed by atoms with E-state index in [4.69, 9.17) is 14.2 Å². The van der Waals surface area contributed by atoms with E-state index in [0.29, 0.717) is 17.1 Å². The smallest absolute Gasteiger partial charge is 0.281 e. The molecule has 0 aliphatic carbocycles. The van der Waals surface area contributed by atoms with Crippen LogP contribution in [0.1, 0.15) is 17.5 Å². The highest BCUT2D eigenvalue weighted by Gasteiger charge is 2.27. The van der Waals surface area contributed by atoms with E-state index in [2.05, 4.69) is 20.4 Å². The van der Waals surface area contributed by atoms with Gasteiger partial charge in [-0.1, -0.05) is 6.07 Å². The lowest BCUT2D eigenvalue weighted by Crippen LogP contribution is -2.41. The summed E-state index contributed by atoms with van der Waals surface area (Å²) in [6.07, 6.45) is 0.397. The molecule has 5 rings (SSSR count). The van der Waals surface area contributed by atoms with Crippen LogP contribution < -0.4 is 24.7 Å². The van der Waals surface area contributed by atoms with E-state index < -0.39 is 11.7 Å². The summed E-state index contributed by atoms with van der Waals surface area (Å²) in [6.45, 7) is 0.0216. The first-order valence-corrected chi connectivity index (χ1v) is 9.32. The maximum atomic E-state index is 12.7. The van der Waals surface area contributed by atoms with Crippen molar-refractivity contribution in [2.24, 2.45) is 0 Å². The highest BCUT2D eigenvalue weighted by molar-refractivity contribution is 5.96. The molecule has 0 saturated carbocycles. The third kappa shape index (κ3) is 3.44. The quantitative estimate of drug-likeness (QED) is 0.543. The third-order valence-electron chi connectivity index (χ3n) is 4.95. The maximum absolute atomic E-state index is 12.7. The molecule has 31 heavy (non-hydrogen) atoms. The van der Waals surface area contributed by atoms with Crippen LogP contribution in [0.3, 0.4) is 0 Å². The topological polar surface area (TPSA) is 147 Å². The summed E-state index contributed by atoms with van der Waals surface area (Å²) in [5.41, 5.74) is 0.215. The van der Waals surface area contributed by atoms with Crippen molar-refractivity contribution in [1.82, 2.24) is 29.8 Å². The summed E-state index contributed by atoms with van der Waals surface area (Å²) in [6, 6.07) is 5.15. The van der Waals surface area contributed by atoms with Gasteiger partial charge in [-0.15, -0.1) is 10.2 Å². The number of likely N-dealkylation sites (N-methyl/N-ethyl adjacent to an activating group) is 1. The lowest BCUT2D eigenvalue weighted by atomic mass is 10.1. The molecular weight excluding hydrogens is 410 g/mol. The van der Waals surface area contributed by atoms with E-state index in [0.717, 1.165) is 0 Å². The zero-order valence-electron chi connectivity index (χ0n) is 16.3. The third-order valence-corrected chi connectivity index (χ3v) is 4.95. The Kier molecular flexibility index (Phi) is 4.51. The van der Waals surface area contributed by atoms with Crippen LogP contribution in [0.4, 0.5) is 5.69 Å². The second kappa shape index (κ2) is 7.36. The first-order chi connectivity index (χ1) is 15.0. The first-order valence-electron chi connectivity index (χ1n) is 9.32. The number of carbonyl (C=O) groups excluding carboxylic acids is 1. The number of rotatable bonds is 5. The SMILES string of the molecule is CN1C(=O)COc2ncn(Cc3nnn(C[C@H](O)c4ccc5c(c4)OCO5)n3)c(=O)c21. The summed E-state index contributed by atoms with van der Waals surface area (Å²) in [5, 5.41) is 22.6. The Balaban J connectivity index is 1.31. The van der Waals surface area contributed by atoms with Gasteiger partial charge in [0.2, 0.25) is 12.7 Å². The number of anilines is 1. The van der Waals surface area contributed by atoms with Gasteiger partial charge in [-0.05, 0) is 22.9 Å². The number of nitrogens with zero attached hydrogens (tertiary/aromatic N) is 7. The van der Waals surface area contributed by atoms with Gasteiger partial charge in [-0.3, -0.25) is 14.2 Å². The Hall–Kier alpha value is -4.00. The molecule has 0 spiro atoms. The molecule has 0 unspecified atom stereocenters. The van der Waals surface area contributed by atoms with Crippen LogP contribution in [-0.4, -0.2) is 61.2 Å². The average molecular weight is 427 g/mol. The number of aromatic nitrogens is 6. The van der Waals surface area contributed by atoms with Crippen molar-refractivity contribution in [2.75, 3.05) is 25.3 Å². The molecule has 2 aliphatic rings. The minimum absolute atomic E-state index is 0.0126. The number of tetrazole rings is 1. The van der Waals surface area contributed by atoms with Crippen LogP contribution in [0.2, 0.25) is 0 Å². The van der Waals surface area contributed by atoms with Crippen molar-refractivity contribution in [3.8, 4) is 17.4 Å². The Labute approximate surface area is 174 Å². The van der Waals surface area contributed by atoms with E-state index in [1.807, 2.05) is 0 Å². The summed E-state index contributed by atoms with van der Waals surface area (Å²) < 4.78 is 17.0. The van der Waals surface area contributed by atoms with Gasteiger partial charge in [0.25, 0.3) is 11.5 Å². The molecule has 4 heterocycles. The number of aliphatic hydroxyl groups excluding tert-OH is 1. The molecule has 0 fully saturated rings. The molecule has 1 atom stereocenters. The van der Waals surface area contributed by atoms with Crippen molar-refractivity contribution in [1.29, 1.82) is 0 Å². The lowest BCUT2D eigenvalue weighted by Gasteiger charge is -2.24. The number of hydrogen-bond acceptors (Lipinski definition) is 10. The summed E-state index contributed by atoms with van der Waals surface area (Å²) >= 11 is 0. The number of amides is 1. The second-order valence-corrected chi connectivity index (χ2v) is 6.96. The van der Waals surface area contributed by atoms with Crippen molar-refractivity contribution in [3.05, 3.63) is 46.3 Å². The van der Waals surface area contributed by atoms with Gasteiger partial charge in [0.1, 0.15) is 12.4 Å². The van der Waals surface area contributed by atoms with Gasteiger partial charge in [0.05, 0.1) is 13.1 Å². The molecular formula is C18H17N7O6. The van der Waals surface area contributed by atoms with Crippen LogP contribution in [0, 0.1) is 0 Å². The monoisotopic (exact) mass is 427 g/mol. The summed E-state index contributed by atoms with van der Waals surface area (Å²) in [4.78, 5) is 31.1. The first kappa shape index (κ1) is 19.0. The van der Waals surface area contributed by atoms with Crippen molar-refractivity contribution >= 4 is 11.6 Å². The molecule has 1 amide bonds. The van der Waals surface area contributed by atoms with E-state index in [1.165, 1.54) is 27.6 Å². The molecule has 2 aliphatic heterocycles. The van der Waals surface area contributed by atoms with E-state index in [9.17, 15) is 14.7 Å². The van der Waals surface area contributed by atoms with Crippen LogP contribution in [0.15, 0.2) is 29.3 Å². The molecule has 13 heteroatoms. The fourth-order valence-corrected chi connectivity index (χ4v) is 3.27. The van der Waals surface area contributed by atoms with Crippen molar-refractivity contribution < 1.29 is 24.1 Å². The number of benzene rings is 1. The summed E-state index contributed by atoms with van der Waals surface area (Å²) in [7, 11) is 1.49. The molecule has 3 aromatic rings. The van der Waals surface area contributed by atoms with E-state index >= 15 is 0 Å². The lowest BCUT2D eigenvalue weighted by molar-refractivity contribution is -0.121. The van der Waals surface area contributed by atoms with Crippen molar-refractivity contribution in [2.45, 2.75) is 19.2 Å². The highest BCUT2D eigenvalue weighted by Crippen LogP contribution is 2.34. The number of hydrogen-bond donors (Lipinski definition) is 1.